The first kappa shape index (κ1) is 13.9. The summed E-state index contributed by atoms with van der Waals surface area (Å²) in [7, 11) is 0. The predicted octanol–water partition coefficient (Wildman–Crippen LogP) is 3.75. The lowest BCUT2D eigenvalue weighted by Crippen LogP contribution is -2.27. The van der Waals surface area contributed by atoms with Crippen LogP contribution in [0.25, 0.3) is 0 Å². The molecule has 1 N–H and O–H groups in total. The van der Waals surface area contributed by atoms with Gasteiger partial charge in [-0.1, -0.05) is 32.4 Å². The van der Waals surface area contributed by atoms with Gasteiger partial charge in [0.25, 0.3) is 0 Å². The molecule has 2 heteroatoms. The third kappa shape index (κ3) is 3.01. The molecule has 2 aliphatic rings. The van der Waals surface area contributed by atoms with Gasteiger partial charge in [-0.2, -0.15) is 0 Å². The summed E-state index contributed by atoms with van der Waals surface area (Å²) in [6.45, 7) is 7.74. The van der Waals surface area contributed by atoms with Gasteiger partial charge in [0.2, 0.25) is 0 Å². The normalized spacial score (nSPS) is 24.9. The van der Waals surface area contributed by atoms with E-state index in [1.807, 2.05) is 0 Å². The fourth-order valence-electron chi connectivity index (χ4n) is 3.71. The Morgan fingerprint density at radius 2 is 2.20 bits per heavy atom. The van der Waals surface area contributed by atoms with Crippen LogP contribution in [-0.2, 0) is 6.42 Å². The van der Waals surface area contributed by atoms with E-state index >= 15 is 0 Å². The zero-order chi connectivity index (χ0) is 13.9. The molecule has 3 rings (SSSR count). The molecule has 1 aromatic carbocycles. The summed E-state index contributed by atoms with van der Waals surface area (Å²) in [5.74, 6) is 3.42. The Morgan fingerprint density at radius 1 is 1.30 bits per heavy atom. The number of hydrogen-bond donors (Lipinski definition) is 1. The monoisotopic (exact) mass is 273 g/mol. The Morgan fingerprint density at radius 3 is 3.05 bits per heavy atom. The fraction of sp³-hybridized carbons (Fsp3) is 0.667. The van der Waals surface area contributed by atoms with Crippen molar-refractivity contribution in [3.63, 3.8) is 0 Å². The molecule has 1 aliphatic carbocycles. The van der Waals surface area contributed by atoms with E-state index in [1.54, 1.807) is 5.56 Å². The van der Waals surface area contributed by atoms with Crippen LogP contribution >= 0.6 is 0 Å². The van der Waals surface area contributed by atoms with E-state index in [-0.39, 0.29) is 0 Å². The van der Waals surface area contributed by atoms with Crippen LogP contribution in [-0.4, -0.2) is 19.7 Å². The molecule has 1 saturated carbocycles. The summed E-state index contributed by atoms with van der Waals surface area (Å²) in [5.41, 5.74) is 2.96. The molecule has 0 aromatic heterocycles. The molecule has 0 bridgehead atoms. The topological polar surface area (TPSA) is 21.3 Å². The molecule has 0 amide bonds. The van der Waals surface area contributed by atoms with Gasteiger partial charge in [-0.15, -0.1) is 0 Å². The molecule has 0 radical (unpaired) electrons. The van der Waals surface area contributed by atoms with Crippen molar-refractivity contribution >= 4 is 0 Å². The number of nitrogens with one attached hydrogen (secondary N) is 1. The van der Waals surface area contributed by atoms with Crippen LogP contribution in [0.2, 0.25) is 0 Å². The summed E-state index contributed by atoms with van der Waals surface area (Å²) in [6, 6.07) is 6.90. The molecule has 1 aliphatic heterocycles. The smallest absolute Gasteiger partial charge is 0.122 e. The van der Waals surface area contributed by atoms with Crippen LogP contribution in [0.1, 0.15) is 50.2 Å². The average Bonchev–Trinajstić information content (AvgIpc) is 3.05. The molecule has 1 aromatic rings. The number of rotatable bonds is 5. The van der Waals surface area contributed by atoms with Crippen molar-refractivity contribution in [2.45, 2.75) is 45.4 Å². The molecule has 1 heterocycles. The zero-order valence-electron chi connectivity index (χ0n) is 12.8. The second-order valence-electron chi connectivity index (χ2n) is 6.82. The van der Waals surface area contributed by atoms with Crippen molar-refractivity contribution in [1.82, 2.24) is 5.32 Å². The third-order valence-corrected chi connectivity index (χ3v) is 4.76. The van der Waals surface area contributed by atoms with Gasteiger partial charge in [0, 0.05) is 6.42 Å². The highest BCUT2D eigenvalue weighted by molar-refractivity contribution is 5.41. The summed E-state index contributed by atoms with van der Waals surface area (Å²) in [5, 5.41) is 3.65. The molecule has 2 atom stereocenters. The van der Waals surface area contributed by atoms with Gasteiger partial charge in [-0.3, -0.25) is 0 Å². The van der Waals surface area contributed by atoms with Crippen molar-refractivity contribution in [3.8, 4) is 5.75 Å². The lowest BCUT2D eigenvalue weighted by Gasteiger charge is -2.21. The second-order valence-corrected chi connectivity index (χ2v) is 6.82. The Labute approximate surface area is 122 Å². The van der Waals surface area contributed by atoms with Crippen molar-refractivity contribution in [2.75, 3.05) is 19.7 Å². The molecule has 20 heavy (non-hydrogen) atoms. The maximum Gasteiger partial charge on any atom is 0.122 e. The fourth-order valence-corrected chi connectivity index (χ4v) is 3.71. The molecule has 110 valence electrons. The number of ether oxygens (including phenoxy) is 1. The van der Waals surface area contributed by atoms with Crippen molar-refractivity contribution in [1.29, 1.82) is 0 Å². The average molecular weight is 273 g/mol. The maximum atomic E-state index is 5.62. The molecule has 1 fully saturated rings. The van der Waals surface area contributed by atoms with Gasteiger partial charge in [0.1, 0.15) is 5.75 Å². The molecule has 0 spiro atoms. The molecule has 2 nitrogen and oxygen atoms in total. The number of benzene rings is 1. The van der Waals surface area contributed by atoms with E-state index in [0.29, 0.717) is 0 Å². The first-order chi connectivity index (χ1) is 9.74. The van der Waals surface area contributed by atoms with Gasteiger partial charge < -0.3 is 10.1 Å². The van der Waals surface area contributed by atoms with E-state index in [0.717, 1.165) is 43.1 Å². The van der Waals surface area contributed by atoms with E-state index < -0.39 is 0 Å². The number of hydrogen-bond acceptors (Lipinski definition) is 2. The summed E-state index contributed by atoms with van der Waals surface area (Å²) >= 11 is 0. The summed E-state index contributed by atoms with van der Waals surface area (Å²) < 4.78 is 5.62. The first-order valence-electron chi connectivity index (χ1n) is 8.20. The van der Waals surface area contributed by atoms with Crippen LogP contribution in [0.3, 0.4) is 0 Å². The highest BCUT2D eigenvalue weighted by atomic mass is 16.5. The molecular formula is C18H27NO. The van der Waals surface area contributed by atoms with Crippen molar-refractivity contribution in [2.24, 2.45) is 11.8 Å². The Hall–Kier alpha value is -1.02. The zero-order valence-corrected chi connectivity index (χ0v) is 12.8. The van der Waals surface area contributed by atoms with E-state index in [9.17, 15) is 0 Å². The SMILES string of the molecule is CC(C)CNCC1CCCC1c1ccc2c(c1)CCO2. The summed E-state index contributed by atoms with van der Waals surface area (Å²) in [4.78, 5) is 0. The van der Waals surface area contributed by atoms with Crippen LogP contribution in [0.5, 0.6) is 5.75 Å². The van der Waals surface area contributed by atoms with E-state index in [1.165, 1.54) is 31.4 Å². The Kier molecular flexibility index (Phi) is 4.30. The standard InChI is InChI=1S/C18H27NO/c1-13(2)11-19-12-16-4-3-5-17(16)14-6-7-18-15(10-14)8-9-20-18/h6-7,10,13,16-17,19H,3-5,8-9,11-12H2,1-2H3. The predicted molar refractivity (Wildman–Crippen MR) is 83.4 cm³/mol. The molecule has 2 unspecified atom stereocenters. The van der Waals surface area contributed by atoms with Gasteiger partial charge in [-0.05, 0) is 60.9 Å². The quantitative estimate of drug-likeness (QED) is 0.882. The minimum Gasteiger partial charge on any atom is -0.493 e. The molecular weight excluding hydrogens is 246 g/mol. The van der Waals surface area contributed by atoms with E-state index in [2.05, 4.69) is 37.4 Å². The second kappa shape index (κ2) is 6.17. The Bertz CT molecular complexity index is 455. The third-order valence-electron chi connectivity index (χ3n) is 4.76. The minimum absolute atomic E-state index is 0.743. The van der Waals surface area contributed by atoms with Crippen LogP contribution in [0.4, 0.5) is 0 Å². The van der Waals surface area contributed by atoms with Crippen LogP contribution in [0, 0.1) is 11.8 Å². The number of fused-ring (bicyclic) bond motifs is 1. The lowest BCUT2D eigenvalue weighted by atomic mass is 9.87. The van der Waals surface area contributed by atoms with E-state index in [4.69, 9.17) is 4.74 Å². The van der Waals surface area contributed by atoms with Gasteiger partial charge in [0.05, 0.1) is 6.61 Å². The van der Waals surface area contributed by atoms with Crippen molar-refractivity contribution in [3.05, 3.63) is 29.3 Å². The highest BCUT2D eigenvalue weighted by Gasteiger charge is 2.29. The van der Waals surface area contributed by atoms with Gasteiger partial charge in [0.15, 0.2) is 0 Å². The van der Waals surface area contributed by atoms with Crippen LogP contribution in [0.15, 0.2) is 18.2 Å². The van der Waals surface area contributed by atoms with Crippen molar-refractivity contribution < 1.29 is 4.74 Å². The maximum absolute atomic E-state index is 5.62. The highest BCUT2D eigenvalue weighted by Crippen LogP contribution is 2.41. The lowest BCUT2D eigenvalue weighted by molar-refractivity contribution is 0.356. The van der Waals surface area contributed by atoms with Crippen LogP contribution < -0.4 is 10.1 Å². The van der Waals surface area contributed by atoms with Gasteiger partial charge in [-0.25, -0.2) is 0 Å². The van der Waals surface area contributed by atoms with Gasteiger partial charge >= 0.3 is 0 Å². The Balaban J connectivity index is 1.65. The summed E-state index contributed by atoms with van der Waals surface area (Å²) in [6.07, 6.45) is 5.20. The molecule has 0 saturated heterocycles. The first-order valence-corrected chi connectivity index (χ1v) is 8.20. The largest absolute Gasteiger partial charge is 0.493 e. The minimum atomic E-state index is 0.743.